The van der Waals surface area contributed by atoms with Crippen LogP contribution in [0.25, 0.3) is 11.1 Å². The Morgan fingerprint density at radius 2 is 1.69 bits per heavy atom. The third-order valence-electron chi connectivity index (χ3n) is 7.38. The van der Waals surface area contributed by atoms with E-state index >= 15 is 0 Å². The molecule has 0 unspecified atom stereocenters. The summed E-state index contributed by atoms with van der Waals surface area (Å²) in [5.74, 6) is 0.548. The number of rotatable bonds is 5. The summed E-state index contributed by atoms with van der Waals surface area (Å²) in [4.78, 5) is 29.8. The SMILES string of the molecule is Cc1ccc(C(=O)N2CCC(c3ccc(-c4cnn(C)c4)cc3)CC2)cc1NC(=O)C1CN(C)C1. The molecule has 3 heterocycles. The lowest BCUT2D eigenvalue weighted by atomic mass is 9.88. The van der Waals surface area contributed by atoms with E-state index in [1.165, 1.54) is 11.1 Å². The van der Waals surface area contributed by atoms with Crippen molar-refractivity contribution in [3.63, 3.8) is 0 Å². The number of carbonyl (C=O) groups is 2. The van der Waals surface area contributed by atoms with Crippen molar-refractivity contribution in [1.29, 1.82) is 0 Å². The number of piperidine rings is 1. The maximum atomic E-state index is 13.2. The van der Waals surface area contributed by atoms with Crippen molar-refractivity contribution >= 4 is 17.5 Å². The number of aryl methyl sites for hydroxylation is 2. The molecule has 2 fully saturated rings. The third kappa shape index (κ3) is 5.00. The van der Waals surface area contributed by atoms with Crippen LogP contribution >= 0.6 is 0 Å². The number of hydrogen-bond acceptors (Lipinski definition) is 4. The molecule has 2 amide bonds. The van der Waals surface area contributed by atoms with Crippen LogP contribution in [0.3, 0.4) is 0 Å². The molecule has 7 heteroatoms. The van der Waals surface area contributed by atoms with E-state index in [0.717, 1.165) is 55.8 Å². The van der Waals surface area contributed by atoms with Crippen LogP contribution in [0.5, 0.6) is 0 Å². The maximum Gasteiger partial charge on any atom is 0.253 e. The minimum absolute atomic E-state index is 0.0243. The zero-order chi connectivity index (χ0) is 24.5. The summed E-state index contributed by atoms with van der Waals surface area (Å²) < 4.78 is 1.81. The minimum Gasteiger partial charge on any atom is -0.339 e. The van der Waals surface area contributed by atoms with Crippen molar-refractivity contribution in [3.05, 3.63) is 71.5 Å². The third-order valence-corrected chi connectivity index (χ3v) is 7.38. The van der Waals surface area contributed by atoms with Crippen molar-refractivity contribution in [2.75, 3.05) is 38.5 Å². The molecule has 3 aromatic rings. The Labute approximate surface area is 206 Å². The molecule has 0 aliphatic carbocycles. The number of nitrogens with one attached hydrogen (secondary N) is 1. The normalized spacial score (nSPS) is 17.3. The first-order valence-electron chi connectivity index (χ1n) is 12.4. The van der Waals surface area contributed by atoms with Gasteiger partial charge in [-0.15, -0.1) is 0 Å². The number of benzene rings is 2. The minimum atomic E-state index is 0.0243. The molecule has 0 atom stereocenters. The molecule has 7 nitrogen and oxygen atoms in total. The van der Waals surface area contributed by atoms with Gasteiger partial charge in [0.15, 0.2) is 0 Å². The Morgan fingerprint density at radius 1 is 0.971 bits per heavy atom. The molecule has 2 aliphatic rings. The molecular weight excluding hydrogens is 438 g/mol. The summed E-state index contributed by atoms with van der Waals surface area (Å²) in [7, 11) is 3.93. The van der Waals surface area contributed by atoms with Gasteiger partial charge in [0, 0.05) is 56.2 Å². The second-order valence-corrected chi connectivity index (χ2v) is 10.0. The van der Waals surface area contributed by atoms with E-state index in [9.17, 15) is 9.59 Å². The van der Waals surface area contributed by atoms with Crippen LogP contribution in [-0.4, -0.2) is 64.6 Å². The number of nitrogens with zero attached hydrogens (tertiary/aromatic N) is 4. The lowest BCUT2D eigenvalue weighted by molar-refractivity contribution is -0.124. The fourth-order valence-corrected chi connectivity index (χ4v) is 5.11. The molecule has 1 N–H and O–H groups in total. The van der Waals surface area contributed by atoms with Gasteiger partial charge in [0.1, 0.15) is 0 Å². The van der Waals surface area contributed by atoms with Gasteiger partial charge in [0.05, 0.1) is 12.1 Å². The number of carbonyl (C=O) groups excluding carboxylic acids is 2. The second-order valence-electron chi connectivity index (χ2n) is 10.0. The fourth-order valence-electron chi connectivity index (χ4n) is 5.11. The number of likely N-dealkylation sites (tertiary alicyclic amines) is 2. The van der Waals surface area contributed by atoms with Crippen LogP contribution in [0.2, 0.25) is 0 Å². The molecule has 0 radical (unpaired) electrons. The number of hydrogen-bond donors (Lipinski definition) is 1. The van der Waals surface area contributed by atoms with E-state index in [1.54, 1.807) is 0 Å². The maximum absolute atomic E-state index is 13.2. The van der Waals surface area contributed by atoms with E-state index < -0.39 is 0 Å². The predicted octanol–water partition coefficient (Wildman–Crippen LogP) is 3.92. The van der Waals surface area contributed by atoms with Crippen LogP contribution in [0.15, 0.2) is 54.9 Å². The van der Waals surface area contributed by atoms with Crippen LogP contribution in [0, 0.1) is 12.8 Å². The van der Waals surface area contributed by atoms with Crippen molar-refractivity contribution < 1.29 is 9.59 Å². The summed E-state index contributed by atoms with van der Waals surface area (Å²) in [5, 5.41) is 7.29. The lowest BCUT2D eigenvalue weighted by Gasteiger charge is -2.35. The average Bonchev–Trinajstić information content (AvgIpc) is 3.29. The largest absolute Gasteiger partial charge is 0.339 e. The van der Waals surface area contributed by atoms with Gasteiger partial charge in [-0.1, -0.05) is 30.3 Å². The lowest BCUT2D eigenvalue weighted by Crippen LogP contribution is -2.49. The highest BCUT2D eigenvalue weighted by Crippen LogP contribution is 2.31. The van der Waals surface area contributed by atoms with Gasteiger partial charge >= 0.3 is 0 Å². The molecule has 0 saturated carbocycles. The van der Waals surface area contributed by atoms with Gasteiger partial charge in [0.2, 0.25) is 5.91 Å². The fraction of sp³-hybridized carbons (Fsp3) is 0.393. The molecule has 0 bridgehead atoms. The van der Waals surface area contributed by atoms with Crippen molar-refractivity contribution in [3.8, 4) is 11.1 Å². The molecule has 2 saturated heterocycles. The number of anilines is 1. The van der Waals surface area contributed by atoms with Crippen LogP contribution in [-0.2, 0) is 11.8 Å². The summed E-state index contributed by atoms with van der Waals surface area (Å²) in [6.45, 7) is 4.99. The van der Waals surface area contributed by atoms with Crippen LogP contribution in [0.1, 0.15) is 40.2 Å². The second kappa shape index (κ2) is 9.66. The summed E-state index contributed by atoms with van der Waals surface area (Å²) in [6.07, 6.45) is 5.80. The van der Waals surface area contributed by atoms with Crippen molar-refractivity contribution in [2.45, 2.75) is 25.7 Å². The summed E-state index contributed by atoms with van der Waals surface area (Å²) in [5.41, 5.74) is 5.95. The number of amides is 2. The number of aromatic nitrogens is 2. The molecule has 5 rings (SSSR count). The first-order valence-corrected chi connectivity index (χ1v) is 12.4. The summed E-state index contributed by atoms with van der Waals surface area (Å²) >= 11 is 0. The highest BCUT2D eigenvalue weighted by molar-refractivity contribution is 5.98. The Hall–Kier alpha value is -3.45. The van der Waals surface area contributed by atoms with Gasteiger partial charge in [-0.25, -0.2) is 0 Å². The highest BCUT2D eigenvalue weighted by atomic mass is 16.2. The van der Waals surface area contributed by atoms with E-state index in [2.05, 4.69) is 39.6 Å². The quantitative estimate of drug-likeness (QED) is 0.613. The summed E-state index contributed by atoms with van der Waals surface area (Å²) in [6, 6.07) is 14.4. The zero-order valence-corrected chi connectivity index (χ0v) is 20.7. The van der Waals surface area contributed by atoms with Crippen LogP contribution < -0.4 is 5.32 Å². The highest BCUT2D eigenvalue weighted by Gasteiger charge is 2.30. The molecule has 35 heavy (non-hydrogen) atoms. The molecule has 182 valence electrons. The average molecular weight is 472 g/mol. The Kier molecular flexibility index (Phi) is 6.43. The van der Waals surface area contributed by atoms with Gasteiger partial charge in [-0.3, -0.25) is 14.3 Å². The van der Waals surface area contributed by atoms with E-state index in [0.29, 0.717) is 11.5 Å². The first kappa shape index (κ1) is 23.3. The molecular formula is C28H33N5O2. The Morgan fingerprint density at radius 3 is 2.31 bits per heavy atom. The first-order chi connectivity index (χ1) is 16.9. The van der Waals surface area contributed by atoms with Gasteiger partial charge in [0.25, 0.3) is 5.91 Å². The Balaban J connectivity index is 1.19. The monoisotopic (exact) mass is 471 g/mol. The molecule has 1 aromatic heterocycles. The zero-order valence-electron chi connectivity index (χ0n) is 20.7. The van der Waals surface area contributed by atoms with Gasteiger partial charge in [-0.2, -0.15) is 5.10 Å². The molecule has 2 aliphatic heterocycles. The standard InChI is InChI=1S/C28H33N5O2/c1-19-4-5-23(14-26(19)30-27(34)25-16-31(2)17-25)28(35)33-12-10-22(11-13-33)20-6-8-21(9-7-20)24-15-29-32(3)18-24/h4-9,14-15,18,22,25H,10-13,16-17H2,1-3H3,(H,30,34). The van der Waals surface area contributed by atoms with E-state index in [1.807, 2.05) is 61.2 Å². The smallest absolute Gasteiger partial charge is 0.253 e. The molecule has 0 spiro atoms. The predicted molar refractivity (Wildman–Crippen MR) is 137 cm³/mol. The van der Waals surface area contributed by atoms with Gasteiger partial charge < -0.3 is 15.1 Å². The van der Waals surface area contributed by atoms with E-state index in [4.69, 9.17) is 0 Å². The van der Waals surface area contributed by atoms with Gasteiger partial charge in [-0.05, 0) is 61.6 Å². The Bertz CT molecular complexity index is 1220. The van der Waals surface area contributed by atoms with Crippen molar-refractivity contribution in [1.82, 2.24) is 19.6 Å². The topological polar surface area (TPSA) is 70.5 Å². The van der Waals surface area contributed by atoms with E-state index in [-0.39, 0.29) is 17.7 Å². The van der Waals surface area contributed by atoms with Crippen molar-refractivity contribution in [2.24, 2.45) is 13.0 Å². The molecule has 2 aromatic carbocycles. The van der Waals surface area contributed by atoms with Crippen LogP contribution in [0.4, 0.5) is 5.69 Å².